The van der Waals surface area contributed by atoms with Gasteiger partial charge >= 0.3 is 0 Å². The first-order valence-electron chi connectivity index (χ1n) is 9.85. The maximum atomic E-state index is 13.6. The second-order valence-corrected chi connectivity index (χ2v) is 7.03. The molecule has 3 heterocycles. The fourth-order valence-corrected chi connectivity index (χ4v) is 3.55. The van der Waals surface area contributed by atoms with Crippen LogP contribution in [-0.4, -0.2) is 27.6 Å². The zero-order chi connectivity index (χ0) is 21.0. The number of aromatic nitrogens is 2. The van der Waals surface area contributed by atoms with Crippen molar-refractivity contribution in [1.82, 2.24) is 14.9 Å². The monoisotopic (exact) mass is 413 g/mol. The number of amides is 1. The Kier molecular flexibility index (Phi) is 5.06. The number of hydrogen-bond donors (Lipinski definition) is 0. The molecular formula is C24H19N3O4. The molecule has 7 nitrogen and oxygen atoms in total. The Balaban J connectivity index is 1.50. The lowest BCUT2D eigenvalue weighted by Gasteiger charge is -2.22. The minimum Gasteiger partial charge on any atom is -0.454 e. The van der Waals surface area contributed by atoms with Crippen LogP contribution in [0.3, 0.4) is 0 Å². The van der Waals surface area contributed by atoms with E-state index < -0.39 is 0 Å². The van der Waals surface area contributed by atoms with Crippen molar-refractivity contribution in [2.75, 3.05) is 6.79 Å². The number of ether oxygens (including phenoxy) is 2. The van der Waals surface area contributed by atoms with Crippen LogP contribution in [0.4, 0.5) is 0 Å². The first-order valence-corrected chi connectivity index (χ1v) is 9.85. The first kappa shape index (κ1) is 18.9. The number of rotatable bonds is 6. The molecule has 0 unspecified atom stereocenters. The van der Waals surface area contributed by atoms with Crippen molar-refractivity contribution in [2.24, 2.45) is 0 Å². The maximum Gasteiger partial charge on any atom is 0.277 e. The SMILES string of the molecule is O=C(c1ncoc1-c1ccccc1)N(Cc1ccccn1)Cc1cccc2c1OCO2. The normalized spacial score (nSPS) is 12.0. The maximum absolute atomic E-state index is 13.6. The summed E-state index contributed by atoms with van der Waals surface area (Å²) in [6, 6.07) is 20.7. The van der Waals surface area contributed by atoms with Gasteiger partial charge in [0.05, 0.1) is 18.8 Å². The van der Waals surface area contributed by atoms with Crippen LogP contribution in [-0.2, 0) is 13.1 Å². The van der Waals surface area contributed by atoms with Gasteiger partial charge < -0.3 is 18.8 Å². The van der Waals surface area contributed by atoms with Gasteiger partial charge in [-0.15, -0.1) is 0 Å². The van der Waals surface area contributed by atoms with Gasteiger partial charge in [0.15, 0.2) is 29.3 Å². The molecule has 7 heteroatoms. The average Bonchev–Trinajstić information content (AvgIpc) is 3.50. The van der Waals surface area contributed by atoms with Gasteiger partial charge in [0, 0.05) is 17.3 Å². The molecule has 0 saturated heterocycles. The van der Waals surface area contributed by atoms with Crippen LogP contribution in [0.1, 0.15) is 21.7 Å². The van der Waals surface area contributed by atoms with E-state index in [2.05, 4.69) is 9.97 Å². The third-order valence-corrected chi connectivity index (χ3v) is 5.01. The molecule has 0 radical (unpaired) electrons. The molecule has 0 N–H and O–H groups in total. The van der Waals surface area contributed by atoms with Crippen molar-refractivity contribution in [2.45, 2.75) is 13.1 Å². The molecule has 5 rings (SSSR count). The number of fused-ring (bicyclic) bond motifs is 1. The van der Waals surface area contributed by atoms with Gasteiger partial charge in [-0.1, -0.05) is 48.5 Å². The minimum absolute atomic E-state index is 0.169. The van der Waals surface area contributed by atoms with Crippen molar-refractivity contribution in [3.63, 3.8) is 0 Å². The molecule has 0 bridgehead atoms. The van der Waals surface area contributed by atoms with Gasteiger partial charge in [0.25, 0.3) is 5.91 Å². The van der Waals surface area contributed by atoms with Crippen molar-refractivity contribution in [3.05, 3.63) is 96.3 Å². The Labute approximate surface area is 178 Å². The van der Waals surface area contributed by atoms with Gasteiger partial charge in [0.1, 0.15) is 0 Å². The lowest BCUT2D eigenvalue weighted by Crippen LogP contribution is -2.31. The van der Waals surface area contributed by atoms with E-state index in [9.17, 15) is 4.79 Å². The molecule has 2 aromatic carbocycles. The van der Waals surface area contributed by atoms with E-state index in [-0.39, 0.29) is 18.4 Å². The van der Waals surface area contributed by atoms with Gasteiger partial charge in [-0.25, -0.2) is 4.98 Å². The molecule has 1 aliphatic heterocycles. The molecule has 2 aromatic heterocycles. The highest BCUT2D eigenvalue weighted by molar-refractivity contribution is 5.97. The predicted molar refractivity (Wildman–Crippen MR) is 112 cm³/mol. The number of hydrogen-bond acceptors (Lipinski definition) is 6. The van der Waals surface area contributed by atoms with Gasteiger partial charge in [-0.05, 0) is 18.2 Å². The van der Waals surface area contributed by atoms with E-state index in [1.165, 1.54) is 6.39 Å². The number of nitrogens with zero attached hydrogens (tertiary/aromatic N) is 3. The van der Waals surface area contributed by atoms with Crippen LogP contribution < -0.4 is 9.47 Å². The molecule has 154 valence electrons. The first-order chi connectivity index (χ1) is 15.3. The smallest absolute Gasteiger partial charge is 0.277 e. The minimum atomic E-state index is -0.255. The number of carbonyl (C=O) groups is 1. The van der Waals surface area contributed by atoms with Crippen molar-refractivity contribution in [1.29, 1.82) is 0 Å². The van der Waals surface area contributed by atoms with Gasteiger partial charge in [0.2, 0.25) is 6.79 Å². The molecule has 4 aromatic rings. The molecule has 0 aliphatic carbocycles. The molecule has 31 heavy (non-hydrogen) atoms. The molecule has 1 aliphatic rings. The number of pyridine rings is 1. The topological polar surface area (TPSA) is 77.7 Å². The third kappa shape index (κ3) is 3.85. The van der Waals surface area contributed by atoms with Crippen LogP contribution in [0.2, 0.25) is 0 Å². The average molecular weight is 413 g/mol. The van der Waals surface area contributed by atoms with E-state index in [1.807, 2.05) is 66.7 Å². The van der Waals surface area contributed by atoms with Crippen molar-refractivity contribution in [3.8, 4) is 22.8 Å². The fraction of sp³-hybridized carbons (Fsp3) is 0.125. The van der Waals surface area contributed by atoms with Gasteiger partial charge in [-0.3, -0.25) is 9.78 Å². The molecule has 0 spiro atoms. The quantitative estimate of drug-likeness (QED) is 0.469. The third-order valence-electron chi connectivity index (χ3n) is 5.01. The summed E-state index contributed by atoms with van der Waals surface area (Å²) in [4.78, 5) is 23.9. The molecule has 0 saturated carbocycles. The summed E-state index contributed by atoms with van der Waals surface area (Å²) in [5.74, 6) is 1.52. The standard InChI is InChI=1S/C24H19N3O4/c28-24(21-23(29-15-26-21)17-7-2-1-3-8-17)27(14-19-10-4-5-12-25-19)13-18-9-6-11-20-22(18)31-16-30-20/h1-12,15H,13-14,16H2. The summed E-state index contributed by atoms with van der Waals surface area (Å²) in [6.45, 7) is 0.788. The van der Waals surface area contributed by atoms with E-state index >= 15 is 0 Å². The number of carbonyl (C=O) groups excluding carboxylic acids is 1. The molecule has 0 atom stereocenters. The molecule has 0 fully saturated rings. The fourth-order valence-electron chi connectivity index (χ4n) is 3.55. The predicted octanol–water partition coefficient (Wildman–Crippen LogP) is 4.31. The molecular weight excluding hydrogens is 394 g/mol. The summed E-state index contributed by atoms with van der Waals surface area (Å²) < 4.78 is 16.7. The highest BCUT2D eigenvalue weighted by atomic mass is 16.7. The van der Waals surface area contributed by atoms with Crippen LogP contribution in [0.15, 0.2) is 83.7 Å². The van der Waals surface area contributed by atoms with E-state index in [4.69, 9.17) is 13.9 Å². The molecule has 1 amide bonds. The van der Waals surface area contributed by atoms with Crippen LogP contribution in [0, 0.1) is 0 Å². The summed E-state index contributed by atoms with van der Waals surface area (Å²) in [5, 5.41) is 0. The zero-order valence-electron chi connectivity index (χ0n) is 16.6. The largest absolute Gasteiger partial charge is 0.454 e. The summed E-state index contributed by atoms with van der Waals surface area (Å²) in [7, 11) is 0. The lowest BCUT2D eigenvalue weighted by atomic mass is 10.1. The number of benzene rings is 2. The second-order valence-electron chi connectivity index (χ2n) is 7.03. The number of oxazole rings is 1. The van der Waals surface area contributed by atoms with Gasteiger partial charge in [-0.2, -0.15) is 0 Å². The highest BCUT2D eigenvalue weighted by Crippen LogP contribution is 2.36. The Hall–Kier alpha value is -4.13. The summed E-state index contributed by atoms with van der Waals surface area (Å²) >= 11 is 0. The Morgan fingerprint density at radius 2 is 1.77 bits per heavy atom. The second kappa shape index (κ2) is 8.31. The summed E-state index contributed by atoms with van der Waals surface area (Å²) in [6.07, 6.45) is 3.01. The zero-order valence-corrected chi connectivity index (χ0v) is 16.6. The van der Waals surface area contributed by atoms with E-state index in [1.54, 1.807) is 11.1 Å². The van der Waals surface area contributed by atoms with E-state index in [0.717, 1.165) is 16.8 Å². The Morgan fingerprint density at radius 3 is 2.61 bits per heavy atom. The van der Waals surface area contributed by atoms with Crippen LogP contribution in [0.5, 0.6) is 11.5 Å². The van der Waals surface area contributed by atoms with Crippen molar-refractivity contribution < 1.29 is 18.7 Å². The Bertz CT molecular complexity index is 1190. The van der Waals surface area contributed by atoms with Crippen molar-refractivity contribution >= 4 is 5.91 Å². The Morgan fingerprint density at radius 1 is 0.903 bits per heavy atom. The number of para-hydroxylation sites is 1. The van der Waals surface area contributed by atoms with E-state index in [0.29, 0.717) is 30.3 Å². The van der Waals surface area contributed by atoms with Crippen LogP contribution >= 0.6 is 0 Å². The highest BCUT2D eigenvalue weighted by Gasteiger charge is 2.27. The van der Waals surface area contributed by atoms with Crippen LogP contribution in [0.25, 0.3) is 11.3 Å². The summed E-state index contributed by atoms with van der Waals surface area (Å²) in [5.41, 5.74) is 2.67. The lowest BCUT2D eigenvalue weighted by molar-refractivity contribution is 0.0721.